The lowest BCUT2D eigenvalue weighted by atomic mass is 10.2. The van der Waals surface area contributed by atoms with Gasteiger partial charge in [-0.25, -0.2) is 0 Å². The third-order valence-electron chi connectivity index (χ3n) is 4.08. The molecule has 0 saturated heterocycles. The average molecular weight is 465 g/mol. The van der Waals surface area contributed by atoms with E-state index in [1.165, 1.54) is 0 Å². The molecule has 0 fully saturated rings. The maximum atomic E-state index is 12.2. The van der Waals surface area contributed by atoms with Crippen molar-refractivity contribution < 1.29 is 19.0 Å². The van der Waals surface area contributed by atoms with E-state index in [9.17, 15) is 4.79 Å². The minimum atomic E-state index is -0.230. The predicted molar refractivity (Wildman–Crippen MR) is 119 cm³/mol. The van der Waals surface area contributed by atoms with Crippen LogP contribution in [0.4, 0.5) is 5.69 Å². The molecular formula is C22H29BrN2O4. The van der Waals surface area contributed by atoms with Crippen LogP contribution < -0.4 is 20.1 Å². The molecule has 0 unspecified atom stereocenters. The Balaban J connectivity index is 1.97. The quantitative estimate of drug-likeness (QED) is 0.458. The Morgan fingerprint density at radius 3 is 2.59 bits per heavy atom. The molecule has 0 radical (unpaired) electrons. The number of benzene rings is 2. The first-order chi connectivity index (χ1) is 14.0. The number of amides is 1. The van der Waals surface area contributed by atoms with Crippen molar-refractivity contribution in [2.24, 2.45) is 0 Å². The highest BCUT2D eigenvalue weighted by Crippen LogP contribution is 2.37. The summed E-state index contributed by atoms with van der Waals surface area (Å²) in [7, 11) is 1.70. The Kier molecular flexibility index (Phi) is 9.97. The molecule has 0 atom stereocenters. The summed E-state index contributed by atoms with van der Waals surface area (Å²) in [5, 5.41) is 6.20. The van der Waals surface area contributed by atoms with Gasteiger partial charge in [-0.05, 0) is 72.6 Å². The second kappa shape index (κ2) is 12.5. The zero-order valence-electron chi connectivity index (χ0n) is 17.2. The molecule has 158 valence electrons. The monoisotopic (exact) mass is 464 g/mol. The minimum absolute atomic E-state index is 0.110. The fourth-order valence-electron chi connectivity index (χ4n) is 2.67. The summed E-state index contributed by atoms with van der Waals surface area (Å²) in [5.41, 5.74) is 2.94. The van der Waals surface area contributed by atoms with Gasteiger partial charge >= 0.3 is 0 Å². The van der Waals surface area contributed by atoms with Gasteiger partial charge in [0.25, 0.3) is 5.91 Å². The molecule has 0 saturated carbocycles. The molecule has 0 aliphatic carbocycles. The Hall–Kier alpha value is -2.09. The van der Waals surface area contributed by atoms with Gasteiger partial charge in [-0.15, -0.1) is 0 Å². The Bertz CT molecular complexity index is 781. The lowest BCUT2D eigenvalue weighted by molar-refractivity contribution is -0.118. The number of carbonyl (C=O) groups excluding carboxylic acids is 1. The number of hydrogen-bond acceptors (Lipinski definition) is 5. The molecule has 2 aromatic rings. The average Bonchev–Trinajstić information content (AvgIpc) is 2.69. The lowest BCUT2D eigenvalue weighted by Gasteiger charge is -2.16. The zero-order valence-corrected chi connectivity index (χ0v) is 18.8. The first-order valence-corrected chi connectivity index (χ1v) is 10.5. The summed E-state index contributed by atoms with van der Waals surface area (Å²) >= 11 is 3.54. The van der Waals surface area contributed by atoms with Crippen LogP contribution >= 0.6 is 15.9 Å². The van der Waals surface area contributed by atoms with Crippen molar-refractivity contribution in [3.8, 4) is 11.5 Å². The van der Waals surface area contributed by atoms with E-state index >= 15 is 0 Å². The van der Waals surface area contributed by atoms with Crippen molar-refractivity contribution in [2.75, 3.05) is 38.8 Å². The van der Waals surface area contributed by atoms with Gasteiger partial charge in [0, 0.05) is 25.9 Å². The van der Waals surface area contributed by atoms with Crippen molar-refractivity contribution in [2.45, 2.75) is 26.8 Å². The van der Waals surface area contributed by atoms with Crippen LogP contribution in [-0.4, -0.2) is 39.4 Å². The second-order valence-electron chi connectivity index (χ2n) is 6.56. The van der Waals surface area contributed by atoms with Crippen LogP contribution in [-0.2, 0) is 16.1 Å². The van der Waals surface area contributed by atoms with Gasteiger partial charge < -0.3 is 24.8 Å². The maximum Gasteiger partial charge on any atom is 0.262 e. The van der Waals surface area contributed by atoms with Gasteiger partial charge in [-0.1, -0.05) is 17.7 Å². The second-order valence-corrected chi connectivity index (χ2v) is 7.42. The minimum Gasteiger partial charge on any atom is -0.490 e. The molecule has 0 aromatic heterocycles. The Morgan fingerprint density at radius 1 is 1.14 bits per heavy atom. The van der Waals surface area contributed by atoms with Crippen molar-refractivity contribution in [1.29, 1.82) is 0 Å². The molecule has 6 nitrogen and oxygen atoms in total. The van der Waals surface area contributed by atoms with Gasteiger partial charge in [0.2, 0.25) is 0 Å². The highest BCUT2D eigenvalue weighted by molar-refractivity contribution is 9.10. The van der Waals surface area contributed by atoms with Crippen LogP contribution in [0.15, 0.2) is 40.9 Å². The number of rotatable bonds is 12. The van der Waals surface area contributed by atoms with Crippen LogP contribution in [0.5, 0.6) is 11.5 Å². The van der Waals surface area contributed by atoms with Gasteiger partial charge in [0.1, 0.15) is 0 Å². The van der Waals surface area contributed by atoms with E-state index in [0.29, 0.717) is 24.7 Å². The predicted octanol–water partition coefficient (Wildman–Crippen LogP) is 4.30. The molecular weight excluding hydrogens is 436 g/mol. The number of methoxy groups -OCH3 is 1. The molecule has 1 amide bonds. The molecule has 0 aliphatic heterocycles. The summed E-state index contributed by atoms with van der Waals surface area (Å²) in [6.07, 6.45) is 0.952. The van der Waals surface area contributed by atoms with Crippen molar-refractivity contribution >= 4 is 27.5 Å². The van der Waals surface area contributed by atoms with E-state index < -0.39 is 0 Å². The van der Waals surface area contributed by atoms with Crippen LogP contribution in [0.2, 0.25) is 0 Å². The molecule has 0 heterocycles. The fourth-order valence-corrected chi connectivity index (χ4v) is 3.28. The topological polar surface area (TPSA) is 68.8 Å². The summed E-state index contributed by atoms with van der Waals surface area (Å²) in [6, 6.07) is 11.5. The first kappa shape index (κ1) is 23.2. The molecule has 2 N–H and O–H groups in total. The van der Waals surface area contributed by atoms with Gasteiger partial charge in [-0.2, -0.15) is 0 Å². The molecule has 0 aliphatic rings. The number of hydrogen-bond donors (Lipinski definition) is 2. The molecule has 2 rings (SSSR count). The third-order valence-corrected chi connectivity index (χ3v) is 4.67. The van der Waals surface area contributed by atoms with Gasteiger partial charge in [0.15, 0.2) is 18.1 Å². The number of nitrogens with one attached hydrogen (secondary N) is 2. The Morgan fingerprint density at radius 2 is 1.90 bits per heavy atom. The standard InChI is InChI=1S/C22H29BrN2O4/c1-4-28-20-13-17(14-24-10-5-11-27-3)12-19(23)22(20)29-15-21(26)25-18-8-6-16(2)7-9-18/h6-9,12-13,24H,4-5,10-11,14-15H2,1-3H3,(H,25,26). The lowest BCUT2D eigenvalue weighted by Crippen LogP contribution is -2.20. The number of carbonyl (C=O) groups is 1. The number of anilines is 1. The summed E-state index contributed by atoms with van der Waals surface area (Å²) in [5.74, 6) is 0.903. The van der Waals surface area contributed by atoms with Gasteiger partial charge in [0.05, 0.1) is 11.1 Å². The van der Waals surface area contributed by atoms with E-state index in [0.717, 1.165) is 40.9 Å². The fraction of sp³-hybridized carbons (Fsp3) is 0.409. The SMILES string of the molecule is CCOc1cc(CNCCCOC)cc(Br)c1OCC(=O)Nc1ccc(C)cc1. The van der Waals surface area contributed by atoms with E-state index in [4.69, 9.17) is 14.2 Å². The largest absolute Gasteiger partial charge is 0.490 e. The first-order valence-electron chi connectivity index (χ1n) is 9.67. The highest BCUT2D eigenvalue weighted by Gasteiger charge is 2.14. The maximum absolute atomic E-state index is 12.2. The summed E-state index contributed by atoms with van der Waals surface area (Å²) < 4.78 is 17.3. The van der Waals surface area contributed by atoms with Crippen LogP contribution in [0.1, 0.15) is 24.5 Å². The van der Waals surface area contributed by atoms with E-state index in [1.54, 1.807) is 7.11 Å². The van der Waals surface area contributed by atoms with Crippen molar-refractivity contribution in [3.05, 3.63) is 52.0 Å². The smallest absolute Gasteiger partial charge is 0.262 e. The van der Waals surface area contributed by atoms with Crippen LogP contribution in [0.3, 0.4) is 0 Å². The van der Waals surface area contributed by atoms with Gasteiger partial charge in [-0.3, -0.25) is 4.79 Å². The van der Waals surface area contributed by atoms with Crippen LogP contribution in [0.25, 0.3) is 0 Å². The number of aryl methyl sites for hydroxylation is 1. The molecule has 2 aromatic carbocycles. The molecule has 7 heteroatoms. The molecule has 29 heavy (non-hydrogen) atoms. The van der Waals surface area contributed by atoms with E-state index in [2.05, 4.69) is 26.6 Å². The summed E-state index contributed by atoms with van der Waals surface area (Å²) in [6.45, 7) is 6.61. The third kappa shape index (κ3) is 8.04. The summed E-state index contributed by atoms with van der Waals surface area (Å²) in [4.78, 5) is 12.2. The zero-order chi connectivity index (χ0) is 21.1. The number of ether oxygens (including phenoxy) is 3. The van der Waals surface area contributed by atoms with Crippen molar-refractivity contribution in [3.63, 3.8) is 0 Å². The Labute approximate surface area is 181 Å². The molecule has 0 spiro atoms. The highest BCUT2D eigenvalue weighted by atomic mass is 79.9. The van der Waals surface area contributed by atoms with E-state index in [1.807, 2.05) is 50.2 Å². The van der Waals surface area contributed by atoms with Crippen molar-refractivity contribution in [1.82, 2.24) is 5.32 Å². The number of halogens is 1. The van der Waals surface area contributed by atoms with E-state index in [-0.39, 0.29) is 12.5 Å². The molecule has 0 bridgehead atoms. The van der Waals surface area contributed by atoms with Crippen LogP contribution in [0, 0.1) is 6.92 Å². The normalized spacial score (nSPS) is 10.6.